The number of carboxylic acid groups (broad SMARTS) is 1. The van der Waals surface area contributed by atoms with Gasteiger partial charge in [-0.25, -0.2) is 14.8 Å². The second-order valence-electron chi connectivity index (χ2n) is 6.36. The number of carbonyl (C=O) groups is 1. The summed E-state index contributed by atoms with van der Waals surface area (Å²) >= 11 is 0. The van der Waals surface area contributed by atoms with Crippen LogP contribution in [0.5, 0.6) is 0 Å². The van der Waals surface area contributed by atoms with Crippen molar-refractivity contribution in [3.8, 4) is 0 Å². The Kier molecular flexibility index (Phi) is 3.30. The van der Waals surface area contributed by atoms with Crippen molar-refractivity contribution in [3.63, 3.8) is 0 Å². The highest BCUT2D eigenvalue weighted by atomic mass is 16.4. The predicted molar refractivity (Wildman–Crippen MR) is 106 cm³/mol. The maximum atomic E-state index is 11.9. The van der Waals surface area contributed by atoms with Gasteiger partial charge in [-0.15, -0.1) is 0 Å². The number of rotatable bonds is 1. The molecule has 0 atom stereocenters. The summed E-state index contributed by atoms with van der Waals surface area (Å²) in [5, 5.41) is 9.73. The number of nitrogens with one attached hydrogen (secondary N) is 2. The van der Waals surface area contributed by atoms with E-state index in [9.17, 15) is 9.90 Å². The smallest absolute Gasteiger partial charge is 0.339 e. The van der Waals surface area contributed by atoms with Crippen molar-refractivity contribution in [3.05, 3.63) is 70.8 Å². The molecule has 0 spiro atoms. The number of H-pyrrole nitrogens is 2. The molecule has 3 N–H and O–H groups in total. The van der Waals surface area contributed by atoms with Crippen molar-refractivity contribution in [2.75, 3.05) is 0 Å². The fraction of sp³-hybridized carbons (Fsp3) is 0. The lowest BCUT2D eigenvalue weighted by Gasteiger charge is -1.94. The minimum atomic E-state index is -1.00. The largest absolute Gasteiger partial charge is 0.478 e. The summed E-state index contributed by atoms with van der Waals surface area (Å²) in [6.45, 7) is 0. The fourth-order valence-electron chi connectivity index (χ4n) is 3.24. The van der Waals surface area contributed by atoms with Crippen LogP contribution in [0.2, 0.25) is 0 Å². The molecule has 0 aromatic carbocycles. The van der Waals surface area contributed by atoms with Gasteiger partial charge in [0.1, 0.15) is 5.56 Å². The molecule has 3 aromatic heterocycles. The van der Waals surface area contributed by atoms with Crippen LogP contribution < -0.4 is 0 Å². The number of nitrogens with zero attached hydrogens (tertiary/aromatic N) is 2. The topological polar surface area (TPSA) is 94.7 Å². The van der Waals surface area contributed by atoms with Crippen molar-refractivity contribution in [1.29, 1.82) is 0 Å². The van der Waals surface area contributed by atoms with E-state index in [0.29, 0.717) is 11.0 Å². The summed E-state index contributed by atoms with van der Waals surface area (Å²) < 4.78 is 0. The summed E-state index contributed by atoms with van der Waals surface area (Å²) in [7, 11) is 0. The van der Waals surface area contributed by atoms with E-state index in [1.807, 2.05) is 54.6 Å². The molecule has 130 valence electrons. The molecule has 0 aliphatic carbocycles. The quantitative estimate of drug-likeness (QED) is 0.417. The van der Waals surface area contributed by atoms with Crippen LogP contribution in [-0.2, 0) is 0 Å². The van der Waals surface area contributed by atoms with Gasteiger partial charge >= 0.3 is 5.97 Å². The van der Waals surface area contributed by atoms with Crippen molar-refractivity contribution in [2.45, 2.75) is 0 Å². The summed E-state index contributed by atoms with van der Waals surface area (Å²) in [5.74, 6) is -1.00. The molecule has 6 heteroatoms. The van der Waals surface area contributed by atoms with Gasteiger partial charge in [-0.05, 0) is 66.8 Å². The first kappa shape index (κ1) is 15.3. The van der Waals surface area contributed by atoms with E-state index in [-0.39, 0.29) is 5.56 Å². The van der Waals surface area contributed by atoms with Crippen LogP contribution in [0.15, 0.2) is 42.5 Å². The SMILES string of the molecule is O=C(O)c1c2ccc(cc3nc(cc4nc(cc5ccc1[nH]5)C=C4)C=C3)[nH]2. The molecule has 0 unspecified atom stereocenters. The molecule has 2 aliphatic heterocycles. The molecule has 0 saturated carbocycles. The molecule has 6 nitrogen and oxygen atoms in total. The van der Waals surface area contributed by atoms with Gasteiger partial charge in [0.15, 0.2) is 0 Å². The standard InChI is InChI=1S/C21H14N4O2/c26-21(27)20-18-7-5-16(24-18)10-14-3-1-12(22-14)9-13-2-4-15(23-13)11-17-6-8-19(20)25-17/h1-11,24-25H,(H,26,27). The molecule has 0 amide bonds. The number of hydrogen-bond acceptors (Lipinski definition) is 3. The third-order valence-electron chi connectivity index (χ3n) is 4.44. The highest BCUT2D eigenvalue weighted by Crippen LogP contribution is 2.20. The van der Waals surface area contributed by atoms with Crippen LogP contribution >= 0.6 is 0 Å². The molecule has 5 rings (SSSR count). The molecule has 2 aliphatic rings. The van der Waals surface area contributed by atoms with Gasteiger partial charge in [-0.1, -0.05) is 0 Å². The Bertz CT molecular complexity index is 1220. The summed E-state index contributed by atoms with van der Waals surface area (Å²) in [4.78, 5) is 27.3. The molecular weight excluding hydrogens is 340 g/mol. The molecule has 0 saturated heterocycles. The minimum Gasteiger partial charge on any atom is -0.478 e. The van der Waals surface area contributed by atoms with E-state index < -0.39 is 5.97 Å². The van der Waals surface area contributed by atoms with Crippen molar-refractivity contribution in [1.82, 2.24) is 19.9 Å². The lowest BCUT2D eigenvalue weighted by Crippen LogP contribution is -1.97. The van der Waals surface area contributed by atoms with Crippen LogP contribution in [-0.4, -0.2) is 31.0 Å². The average Bonchev–Trinajstić information content (AvgIpc) is 3.39. The molecule has 0 fully saturated rings. The van der Waals surface area contributed by atoms with Gasteiger partial charge < -0.3 is 15.1 Å². The maximum Gasteiger partial charge on any atom is 0.339 e. The van der Waals surface area contributed by atoms with Gasteiger partial charge in [-0.2, -0.15) is 0 Å². The Labute approximate surface area is 153 Å². The van der Waals surface area contributed by atoms with Crippen molar-refractivity contribution in [2.24, 2.45) is 0 Å². The van der Waals surface area contributed by atoms with Gasteiger partial charge in [0.05, 0.1) is 33.8 Å². The van der Waals surface area contributed by atoms with E-state index in [2.05, 4.69) is 19.9 Å². The van der Waals surface area contributed by atoms with Crippen LogP contribution in [0.3, 0.4) is 0 Å². The monoisotopic (exact) mass is 354 g/mol. The lowest BCUT2D eigenvalue weighted by atomic mass is 10.2. The zero-order valence-electron chi connectivity index (χ0n) is 14.1. The highest BCUT2D eigenvalue weighted by Gasteiger charge is 2.10. The molecule has 8 bridgehead atoms. The Morgan fingerprint density at radius 2 is 1.15 bits per heavy atom. The second-order valence-corrected chi connectivity index (χ2v) is 6.36. The number of carboxylic acids is 1. The van der Waals surface area contributed by atoms with E-state index >= 15 is 0 Å². The second kappa shape index (κ2) is 5.81. The highest BCUT2D eigenvalue weighted by molar-refractivity contribution is 6.03. The number of hydrogen-bond donors (Lipinski definition) is 3. The Hall–Kier alpha value is -3.93. The third kappa shape index (κ3) is 2.83. The van der Waals surface area contributed by atoms with Gasteiger partial charge in [0.25, 0.3) is 0 Å². The summed E-state index contributed by atoms with van der Waals surface area (Å²) in [6.07, 6.45) is 7.69. The molecular formula is C21H14N4O2. The van der Waals surface area contributed by atoms with Crippen LogP contribution in [0.1, 0.15) is 33.1 Å². The zero-order valence-corrected chi connectivity index (χ0v) is 14.1. The van der Waals surface area contributed by atoms with Crippen molar-refractivity contribution >= 4 is 52.3 Å². The summed E-state index contributed by atoms with van der Waals surface area (Å²) in [5.41, 5.74) is 6.04. The minimum absolute atomic E-state index is 0.182. The average molecular weight is 354 g/mol. The van der Waals surface area contributed by atoms with E-state index in [4.69, 9.17) is 0 Å². The van der Waals surface area contributed by atoms with Crippen LogP contribution in [0.25, 0.3) is 46.4 Å². The van der Waals surface area contributed by atoms with Gasteiger partial charge in [0, 0.05) is 11.0 Å². The first-order chi connectivity index (χ1) is 13.1. The number of aromatic carboxylic acids is 1. The zero-order chi connectivity index (χ0) is 18.4. The van der Waals surface area contributed by atoms with Gasteiger partial charge in [0.2, 0.25) is 0 Å². The van der Waals surface area contributed by atoms with Crippen LogP contribution in [0, 0.1) is 0 Å². The molecule has 27 heavy (non-hydrogen) atoms. The predicted octanol–water partition coefficient (Wildman–Crippen LogP) is 4.35. The lowest BCUT2D eigenvalue weighted by molar-refractivity contribution is 0.0700. The Balaban J connectivity index is 1.91. The molecule has 3 aromatic rings. The maximum absolute atomic E-state index is 11.9. The molecule has 5 heterocycles. The third-order valence-corrected chi connectivity index (χ3v) is 4.44. The fourth-order valence-corrected chi connectivity index (χ4v) is 3.24. The van der Waals surface area contributed by atoms with E-state index in [0.717, 1.165) is 33.8 Å². The van der Waals surface area contributed by atoms with E-state index in [1.54, 1.807) is 12.1 Å². The molecule has 0 radical (unpaired) electrons. The number of aromatic nitrogens is 4. The van der Waals surface area contributed by atoms with E-state index in [1.165, 1.54) is 0 Å². The normalized spacial score (nSPS) is 12.4. The Morgan fingerprint density at radius 1 is 0.704 bits per heavy atom. The number of fused-ring (bicyclic) bond motifs is 8. The number of aromatic amines is 2. The first-order valence-electron chi connectivity index (χ1n) is 8.45. The Morgan fingerprint density at radius 3 is 1.59 bits per heavy atom. The van der Waals surface area contributed by atoms with Crippen molar-refractivity contribution < 1.29 is 9.90 Å². The summed E-state index contributed by atoms with van der Waals surface area (Å²) in [6, 6.07) is 12.9. The first-order valence-corrected chi connectivity index (χ1v) is 8.45. The van der Waals surface area contributed by atoms with Crippen LogP contribution in [0.4, 0.5) is 0 Å². The van der Waals surface area contributed by atoms with Gasteiger partial charge in [-0.3, -0.25) is 0 Å².